The molecule has 1 aromatic heterocycles. The highest BCUT2D eigenvalue weighted by Gasteiger charge is 2.20. The zero-order valence-corrected chi connectivity index (χ0v) is 11.2. The largest absolute Gasteiger partial charge is 0.469 e. The molecule has 5 heteroatoms. The van der Waals surface area contributed by atoms with Crippen molar-refractivity contribution in [2.75, 3.05) is 19.0 Å². The zero-order valence-electron chi connectivity index (χ0n) is 10.4. The van der Waals surface area contributed by atoms with Crippen LogP contribution in [-0.4, -0.2) is 19.6 Å². The smallest absolute Gasteiger partial charge is 0.307 e. The standard InChI is InChI=1S/C13H16N2O2S/c1-17-12(16)6-7-15-13-10(8-14)9-4-2-3-5-11(9)18-13/h15H,2-7H2,1H3. The Morgan fingerprint density at radius 3 is 3.00 bits per heavy atom. The van der Waals surface area contributed by atoms with Gasteiger partial charge in [-0.25, -0.2) is 0 Å². The van der Waals surface area contributed by atoms with E-state index in [2.05, 4.69) is 16.1 Å². The predicted octanol–water partition coefficient (Wildman–Crippen LogP) is 2.47. The summed E-state index contributed by atoms with van der Waals surface area (Å²) in [4.78, 5) is 12.4. The highest BCUT2D eigenvalue weighted by molar-refractivity contribution is 7.16. The fraction of sp³-hybridized carbons (Fsp3) is 0.538. The van der Waals surface area contributed by atoms with Crippen LogP contribution in [0.5, 0.6) is 0 Å². The van der Waals surface area contributed by atoms with Gasteiger partial charge in [-0.05, 0) is 31.2 Å². The van der Waals surface area contributed by atoms with Gasteiger partial charge in [0.25, 0.3) is 0 Å². The lowest BCUT2D eigenvalue weighted by Crippen LogP contribution is -2.09. The van der Waals surface area contributed by atoms with Gasteiger partial charge < -0.3 is 10.1 Å². The molecular weight excluding hydrogens is 248 g/mol. The van der Waals surface area contributed by atoms with E-state index in [-0.39, 0.29) is 5.97 Å². The Labute approximate surface area is 111 Å². The van der Waals surface area contributed by atoms with Crippen LogP contribution in [0.15, 0.2) is 0 Å². The van der Waals surface area contributed by atoms with Crippen molar-refractivity contribution >= 4 is 22.3 Å². The van der Waals surface area contributed by atoms with E-state index in [1.807, 2.05) is 0 Å². The lowest BCUT2D eigenvalue weighted by Gasteiger charge is -2.09. The molecule has 0 atom stereocenters. The molecule has 4 nitrogen and oxygen atoms in total. The number of ether oxygens (including phenoxy) is 1. The van der Waals surface area contributed by atoms with Crippen molar-refractivity contribution in [2.24, 2.45) is 0 Å². The number of carbonyl (C=O) groups excluding carboxylic acids is 1. The van der Waals surface area contributed by atoms with E-state index in [9.17, 15) is 10.1 Å². The number of anilines is 1. The predicted molar refractivity (Wildman–Crippen MR) is 70.8 cm³/mol. The summed E-state index contributed by atoms with van der Waals surface area (Å²) in [5.74, 6) is -0.234. The molecule has 0 saturated heterocycles. The van der Waals surface area contributed by atoms with E-state index < -0.39 is 0 Å². The molecule has 0 aromatic carbocycles. The molecule has 18 heavy (non-hydrogen) atoms. The first-order chi connectivity index (χ1) is 8.76. The Morgan fingerprint density at radius 2 is 2.28 bits per heavy atom. The fourth-order valence-corrected chi connectivity index (χ4v) is 3.45. The summed E-state index contributed by atoms with van der Waals surface area (Å²) in [5.41, 5.74) is 1.99. The molecule has 1 aliphatic rings. The first kappa shape index (κ1) is 12.9. The number of aryl methyl sites for hydroxylation is 1. The van der Waals surface area contributed by atoms with Gasteiger partial charge in [0.05, 0.1) is 19.1 Å². The molecule has 0 saturated carbocycles. The van der Waals surface area contributed by atoms with Crippen LogP contribution in [0.25, 0.3) is 0 Å². The third-order valence-corrected chi connectivity index (χ3v) is 4.37. The maximum atomic E-state index is 11.0. The number of hydrogen-bond donors (Lipinski definition) is 1. The quantitative estimate of drug-likeness (QED) is 0.849. The van der Waals surface area contributed by atoms with Crippen LogP contribution in [0.2, 0.25) is 0 Å². The molecule has 2 rings (SSSR count). The Balaban J connectivity index is 2.06. The lowest BCUT2D eigenvalue weighted by atomic mass is 9.96. The van der Waals surface area contributed by atoms with Crippen LogP contribution in [0.1, 0.15) is 35.3 Å². The van der Waals surface area contributed by atoms with E-state index in [1.54, 1.807) is 11.3 Å². The van der Waals surface area contributed by atoms with Crippen LogP contribution in [-0.2, 0) is 22.4 Å². The number of nitrogens with one attached hydrogen (secondary N) is 1. The second-order valence-electron chi connectivity index (χ2n) is 4.28. The van der Waals surface area contributed by atoms with Crippen molar-refractivity contribution in [2.45, 2.75) is 32.1 Å². The van der Waals surface area contributed by atoms with Crippen LogP contribution in [0, 0.1) is 11.3 Å². The van der Waals surface area contributed by atoms with Crippen molar-refractivity contribution in [1.82, 2.24) is 0 Å². The molecule has 0 radical (unpaired) electrons. The highest BCUT2D eigenvalue weighted by atomic mass is 32.1. The number of carbonyl (C=O) groups is 1. The number of hydrogen-bond acceptors (Lipinski definition) is 5. The van der Waals surface area contributed by atoms with E-state index in [1.165, 1.54) is 30.4 Å². The SMILES string of the molecule is COC(=O)CCNc1sc2c(c1C#N)CCCC2. The second kappa shape index (κ2) is 5.87. The molecule has 1 aromatic rings. The van der Waals surface area contributed by atoms with Gasteiger partial charge in [-0.2, -0.15) is 5.26 Å². The Bertz CT molecular complexity index is 488. The minimum atomic E-state index is -0.234. The molecule has 1 heterocycles. The van der Waals surface area contributed by atoms with Gasteiger partial charge in [0, 0.05) is 11.4 Å². The molecule has 0 spiro atoms. The molecule has 0 bridgehead atoms. The van der Waals surface area contributed by atoms with E-state index in [0.717, 1.165) is 23.4 Å². The maximum absolute atomic E-state index is 11.0. The molecule has 96 valence electrons. The van der Waals surface area contributed by atoms with Gasteiger partial charge in [-0.15, -0.1) is 11.3 Å². The third-order valence-electron chi connectivity index (χ3n) is 3.13. The van der Waals surface area contributed by atoms with Gasteiger partial charge in [0.15, 0.2) is 0 Å². The second-order valence-corrected chi connectivity index (χ2v) is 5.38. The van der Waals surface area contributed by atoms with E-state index >= 15 is 0 Å². The van der Waals surface area contributed by atoms with E-state index in [4.69, 9.17) is 0 Å². The summed E-state index contributed by atoms with van der Waals surface area (Å²) in [5, 5.41) is 13.3. The molecule has 0 aliphatic heterocycles. The van der Waals surface area contributed by atoms with Gasteiger partial charge in [0.2, 0.25) is 0 Å². The van der Waals surface area contributed by atoms with Crippen molar-refractivity contribution < 1.29 is 9.53 Å². The number of esters is 1. The summed E-state index contributed by atoms with van der Waals surface area (Å²) in [6, 6.07) is 2.29. The maximum Gasteiger partial charge on any atom is 0.307 e. The van der Waals surface area contributed by atoms with E-state index in [0.29, 0.717) is 13.0 Å². The van der Waals surface area contributed by atoms with Crippen LogP contribution in [0.3, 0.4) is 0 Å². The average molecular weight is 264 g/mol. The summed E-state index contributed by atoms with van der Waals surface area (Å²) < 4.78 is 4.59. The van der Waals surface area contributed by atoms with Crippen molar-refractivity contribution in [3.05, 3.63) is 16.0 Å². The topological polar surface area (TPSA) is 62.1 Å². The molecule has 0 amide bonds. The van der Waals surface area contributed by atoms with Crippen molar-refractivity contribution in [3.63, 3.8) is 0 Å². The number of thiophene rings is 1. The summed E-state index contributed by atoms with van der Waals surface area (Å²) in [6.45, 7) is 0.515. The number of methoxy groups -OCH3 is 1. The zero-order chi connectivity index (χ0) is 13.0. The molecule has 0 fully saturated rings. The van der Waals surface area contributed by atoms with Gasteiger partial charge in [-0.3, -0.25) is 4.79 Å². The fourth-order valence-electron chi connectivity index (χ4n) is 2.19. The first-order valence-electron chi connectivity index (χ1n) is 6.11. The molecule has 1 aliphatic carbocycles. The van der Waals surface area contributed by atoms with Gasteiger partial charge >= 0.3 is 5.97 Å². The number of rotatable bonds is 4. The molecular formula is C13H16N2O2S. The lowest BCUT2D eigenvalue weighted by molar-refractivity contribution is -0.140. The summed E-state index contributed by atoms with van der Waals surface area (Å²) in [6.07, 6.45) is 4.78. The Morgan fingerprint density at radius 1 is 1.50 bits per heavy atom. The Kier molecular flexibility index (Phi) is 4.21. The first-order valence-corrected chi connectivity index (χ1v) is 6.93. The van der Waals surface area contributed by atoms with Crippen LogP contribution < -0.4 is 5.32 Å². The van der Waals surface area contributed by atoms with Gasteiger partial charge in [0.1, 0.15) is 11.1 Å². The third kappa shape index (κ3) is 2.65. The number of nitriles is 1. The van der Waals surface area contributed by atoms with Crippen molar-refractivity contribution in [3.8, 4) is 6.07 Å². The summed E-state index contributed by atoms with van der Waals surface area (Å²) >= 11 is 1.66. The number of fused-ring (bicyclic) bond motifs is 1. The van der Waals surface area contributed by atoms with Gasteiger partial charge in [-0.1, -0.05) is 0 Å². The minimum absolute atomic E-state index is 0.234. The van der Waals surface area contributed by atoms with Crippen LogP contribution in [0.4, 0.5) is 5.00 Å². The normalized spacial score (nSPS) is 13.6. The summed E-state index contributed by atoms with van der Waals surface area (Å²) in [7, 11) is 1.38. The average Bonchev–Trinajstić information content (AvgIpc) is 2.75. The highest BCUT2D eigenvalue weighted by Crippen LogP contribution is 2.37. The molecule has 0 unspecified atom stereocenters. The van der Waals surface area contributed by atoms with Crippen molar-refractivity contribution in [1.29, 1.82) is 5.26 Å². The minimum Gasteiger partial charge on any atom is -0.469 e. The Hall–Kier alpha value is -1.54. The van der Waals surface area contributed by atoms with Crippen LogP contribution >= 0.6 is 11.3 Å². The molecule has 1 N–H and O–H groups in total. The monoisotopic (exact) mass is 264 g/mol. The number of nitrogens with zero attached hydrogens (tertiary/aromatic N) is 1.